The second-order valence-corrected chi connectivity index (χ2v) is 6.10. The van der Waals surface area contributed by atoms with E-state index in [1.807, 2.05) is 0 Å². The molecule has 23 heavy (non-hydrogen) atoms. The molecule has 1 aliphatic heterocycles. The minimum Gasteiger partial charge on any atom is -0.490 e. The van der Waals surface area contributed by atoms with Crippen LogP contribution in [0.5, 0.6) is 5.75 Å². The van der Waals surface area contributed by atoms with Gasteiger partial charge in [0.1, 0.15) is 12.4 Å². The molecular weight excluding hydrogens is 284 g/mol. The maximum atomic E-state index is 5.65. The Kier molecular flexibility index (Phi) is 5.54. The molecule has 3 rings (SSSR count). The van der Waals surface area contributed by atoms with Crippen molar-refractivity contribution in [2.24, 2.45) is 0 Å². The Labute approximate surface area is 139 Å². The number of anilines is 1. The molecule has 0 fully saturated rings. The third-order valence-electron chi connectivity index (χ3n) is 4.38. The van der Waals surface area contributed by atoms with E-state index in [1.54, 1.807) is 0 Å². The molecule has 1 unspecified atom stereocenters. The van der Waals surface area contributed by atoms with Crippen molar-refractivity contribution in [3.05, 3.63) is 59.7 Å². The second-order valence-electron chi connectivity index (χ2n) is 6.10. The quantitative estimate of drug-likeness (QED) is 0.819. The highest BCUT2D eigenvalue weighted by Crippen LogP contribution is 2.28. The zero-order chi connectivity index (χ0) is 15.9. The van der Waals surface area contributed by atoms with Gasteiger partial charge in [0.15, 0.2) is 0 Å². The molecule has 2 aromatic carbocycles. The summed E-state index contributed by atoms with van der Waals surface area (Å²) in [5.74, 6) is 0.977. The molecule has 0 spiro atoms. The van der Waals surface area contributed by atoms with Crippen molar-refractivity contribution in [3.63, 3.8) is 0 Å². The highest BCUT2D eigenvalue weighted by molar-refractivity contribution is 5.59. The molecule has 0 radical (unpaired) electrons. The SMILES string of the molecule is CCC(Cc1ccc2c(c1)NCCO2)NCCc1ccccc1. The number of hydrogen-bond acceptors (Lipinski definition) is 3. The van der Waals surface area contributed by atoms with Gasteiger partial charge in [0.2, 0.25) is 0 Å². The third-order valence-corrected chi connectivity index (χ3v) is 4.38. The van der Waals surface area contributed by atoms with E-state index in [4.69, 9.17) is 4.74 Å². The highest BCUT2D eigenvalue weighted by Gasteiger charge is 2.12. The molecule has 0 saturated carbocycles. The molecule has 1 atom stereocenters. The van der Waals surface area contributed by atoms with Gasteiger partial charge in [-0.3, -0.25) is 0 Å². The second kappa shape index (κ2) is 8.02. The summed E-state index contributed by atoms with van der Waals surface area (Å²) in [5.41, 5.74) is 3.89. The summed E-state index contributed by atoms with van der Waals surface area (Å²) in [4.78, 5) is 0. The van der Waals surface area contributed by atoms with Crippen LogP contribution in [0.3, 0.4) is 0 Å². The Bertz CT molecular complexity index is 612. The Balaban J connectivity index is 1.52. The van der Waals surface area contributed by atoms with Crippen LogP contribution in [-0.4, -0.2) is 25.7 Å². The fourth-order valence-corrected chi connectivity index (χ4v) is 3.03. The highest BCUT2D eigenvalue weighted by atomic mass is 16.5. The molecule has 3 heteroatoms. The van der Waals surface area contributed by atoms with E-state index in [0.29, 0.717) is 6.04 Å². The van der Waals surface area contributed by atoms with Crippen LogP contribution in [0.1, 0.15) is 24.5 Å². The van der Waals surface area contributed by atoms with E-state index >= 15 is 0 Å². The van der Waals surface area contributed by atoms with Gasteiger partial charge in [-0.1, -0.05) is 43.3 Å². The number of benzene rings is 2. The van der Waals surface area contributed by atoms with E-state index in [9.17, 15) is 0 Å². The average Bonchev–Trinajstić information content (AvgIpc) is 2.61. The van der Waals surface area contributed by atoms with Crippen LogP contribution in [0.2, 0.25) is 0 Å². The molecule has 0 aliphatic carbocycles. The van der Waals surface area contributed by atoms with Crippen LogP contribution in [0, 0.1) is 0 Å². The Hall–Kier alpha value is -2.00. The monoisotopic (exact) mass is 310 g/mol. The van der Waals surface area contributed by atoms with Gasteiger partial charge in [-0.25, -0.2) is 0 Å². The molecule has 0 aromatic heterocycles. The standard InChI is InChI=1S/C20H26N2O/c1-2-18(21-11-10-16-6-4-3-5-7-16)14-17-8-9-20-19(15-17)22-12-13-23-20/h3-9,15,18,21-22H,2,10-14H2,1H3. The Morgan fingerprint density at radius 3 is 2.83 bits per heavy atom. The lowest BCUT2D eigenvalue weighted by molar-refractivity contribution is 0.323. The van der Waals surface area contributed by atoms with Crippen molar-refractivity contribution < 1.29 is 4.74 Å². The van der Waals surface area contributed by atoms with E-state index < -0.39 is 0 Å². The number of hydrogen-bond donors (Lipinski definition) is 2. The lowest BCUT2D eigenvalue weighted by Crippen LogP contribution is -2.32. The first kappa shape index (κ1) is 15.9. The molecule has 1 heterocycles. The maximum absolute atomic E-state index is 5.65. The number of ether oxygens (including phenoxy) is 1. The van der Waals surface area contributed by atoms with Gasteiger partial charge in [-0.15, -0.1) is 0 Å². The summed E-state index contributed by atoms with van der Waals surface area (Å²) in [7, 11) is 0. The summed E-state index contributed by atoms with van der Waals surface area (Å²) in [5, 5.41) is 7.11. The lowest BCUT2D eigenvalue weighted by Gasteiger charge is -2.21. The van der Waals surface area contributed by atoms with Crippen molar-refractivity contribution in [3.8, 4) is 5.75 Å². The summed E-state index contributed by atoms with van der Waals surface area (Å²) < 4.78 is 5.65. The molecular formula is C20H26N2O. The number of rotatable bonds is 7. The normalized spacial score (nSPS) is 14.5. The van der Waals surface area contributed by atoms with Gasteiger partial charge in [-0.05, 0) is 49.1 Å². The minimum absolute atomic E-state index is 0.515. The molecule has 0 amide bonds. The summed E-state index contributed by atoms with van der Waals surface area (Å²) in [6, 6.07) is 17.7. The topological polar surface area (TPSA) is 33.3 Å². The van der Waals surface area contributed by atoms with Crippen LogP contribution >= 0.6 is 0 Å². The van der Waals surface area contributed by atoms with E-state index in [-0.39, 0.29) is 0 Å². The lowest BCUT2D eigenvalue weighted by atomic mass is 10.0. The van der Waals surface area contributed by atoms with E-state index in [1.165, 1.54) is 11.1 Å². The van der Waals surface area contributed by atoms with Gasteiger partial charge in [0.25, 0.3) is 0 Å². The molecule has 0 saturated heterocycles. The first-order valence-electron chi connectivity index (χ1n) is 8.62. The van der Waals surface area contributed by atoms with Gasteiger partial charge in [0.05, 0.1) is 5.69 Å². The van der Waals surface area contributed by atoms with Gasteiger partial charge in [-0.2, -0.15) is 0 Å². The first-order valence-corrected chi connectivity index (χ1v) is 8.62. The van der Waals surface area contributed by atoms with Crippen molar-refractivity contribution in [1.82, 2.24) is 5.32 Å². The largest absolute Gasteiger partial charge is 0.490 e. The maximum Gasteiger partial charge on any atom is 0.142 e. The Morgan fingerprint density at radius 2 is 2.00 bits per heavy atom. The fraction of sp³-hybridized carbons (Fsp3) is 0.400. The molecule has 122 valence electrons. The Morgan fingerprint density at radius 1 is 1.13 bits per heavy atom. The molecule has 1 aliphatic rings. The van der Waals surface area contributed by atoms with Gasteiger partial charge in [0, 0.05) is 12.6 Å². The van der Waals surface area contributed by atoms with Gasteiger partial charge >= 0.3 is 0 Å². The van der Waals surface area contributed by atoms with Gasteiger partial charge < -0.3 is 15.4 Å². The van der Waals surface area contributed by atoms with Crippen molar-refractivity contribution in [2.45, 2.75) is 32.2 Å². The van der Waals surface area contributed by atoms with Crippen LogP contribution < -0.4 is 15.4 Å². The number of nitrogens with one attached hydrogen (secondary N) is 2. The van der Waals surface area contributed by atoms with Crippen molar-refractivity contribution in [1.29, 1.82) is 0 Å². The van der Waals surface area contributed by atoms with Crippen molar-refractivity contribution >= 4 is 5.69 Å². The predicted octanol–water partition coefficient (Wildman–Crippen LogP) is 3.64. The first-order chi connectivity index (χ1) is 11.3. The summed E-state index contributed by atoms with van der Waals surface area (Å²) in [6.07, 6.45) is 3.27. The van der Waals surface area contributed by atoms with Crippen LogP contribution in [-0.2, 0) is 12.8 Å². The van der Waals surface area contributed by atoms with Crippen molar-refractivity contribution in [2.75, 3.05) is 25.0 Å². The van der Waals surface area contributed by atoms with E-state index in [2.05, 4.69) is 66.1 Å². The molecule has 0 bridgehead atoms. The average molecular weight is 310 g/mol. The number of fused-ring (bicyclic) bond motifs is 1. The zero-order valence-electron chi connectivity index (χ0n) is 13.8. The van der Waals surface area contributed by atoms with Crippen LogP contribution in [0.25, 0.3) is 0 Å². The zero-order valence-corrected chi connectivity index (χ0v) is 13.8. The predicted molar refractivity (Wildman–Crippen MR) is 96.4 cm³/mol. The summed E-state index contributed by atoms with van der Waals surface area (Å²) in [6.45, 7) is 4.92. The van der Waals surface area contributed by atoms with Crippen LogP contribution in [0.4, 0.5) is 5.69 Å². The summed E-state index contributed by atoms with van der Waals surface area (Å²) >= 11 is 0. The van der Waals surface area contributed by atoms with E-state index in [0.717, 1.165) is 50.4 Å². The third kappa shape index (κ3) is 4.49. The molecule has 2 N–H and O–H groups in total. The minimum atomic E-state index is 0.515. The molecule has 3 nitrogen and oxygen atoms in total. The molecule has 2 aromatic rings. The smallest absolute Gasteiger partial charge is 0.142 e. The fourth-order valence-electron chi connectivity index (χ4n) is 3.03. The van der Waals surface area contributed by atoms with Crippen LogP contribution in [0.15, 0.2) is 48.5 Å².